The van der Waals surface area contributed by atoms with Gasteiger partial charge in [-0.25, -0.2) is 4.39 Å². The molecule has 1 rings (SSSR count). The van der Waals surface area contributed by atoms with Gasteiger partial charge in [0.05, 0.1) is 18.6 Å². The molecule has 0 fully saturated rings. The predicted octanol–water partition coefficient (Wildman–Crippen LogP) is 1.02. The second kappa shape index (κ2) is 4.92. The summed E-state index contributed by atoms with van der Waals surface area (Å²) in [5, 5.41) is 27.4. The van der Waals surface area contributed by atoms with Gasteiger partial charge in [-0.15, -0.1) is 0 Å². The zero-order valence-corrected chi connectivity index (χ0v) is 8.81. The standard InChI is InChI=1S/C11H13FN2O2/c1-6-8(14)3-2-7(10(6)12)11(16)9(15)4-5-13/h2-3,9,11,15-16H,4,14H2,1H3. The van der Waals surface area contributed by atoms with E-state index in [2.05, 4.69) is 0 Å². The highest BCUT2D eigenvalue weighted by Gasteiger charge is 2.22. The maximum atomic E-state index is 13.7. The van der Waals surface area contributed by atoms with E-state index in [0.717, 1.165) is 0 Å². The summed E-state index contributed by atoms with van der Waals surface area (Å²) >= 11 is 0. The lowest BCUT2D eigenvalue weighted by molar-refractivity contribution is 0.0194. The average Bonchev–Trinajstić information content (AvgIpc) is 2.26. The number of aliphatic hydroxyl groups is 2. The Morgan fingerprint density at radius 2 is 2.12 bits per heavy atom. The topological polar surface area (TPSA) is 90.3 Å². The van der Waals surface area contributed by atoms with Crippen LogP contribution in [0.15, 0.2) is 12.1 Å². The summed E-state index contributed by atoms with van der Waals surface area (Å²) in [6.07, 6.45) is -2.98. The molecule has 1 aromatic rings. The van der Waals surface area contributed by atoms with Crippen LogP contribution in [0.2, 0.25) is 0 Å². The molecule has 0 aliphatic rings. The molecule has 0 amide bonds. The Morgan fingerprint density at radius 3 is 2.69 bits per heavy atom. The smallest absolute Gasteiger partial charge is 0.134 e. The minimum atomic E-state index is -1.42. The van der Waals surface area contributed by atoms with Crippen LogP contribution >= 0.6 is 0 Å². The van der Waals surface area contributed by atoms with Crippen molar-refractivity contribution in [3.63, 3.8) is 0 Å². The maximum absolute atomic E-state index is 13.7. The van der Waals surface area contributed by atoms with Gasteiger partial charge in [-0.3, -0.25) is 0 Å². The van der Waals surface area contributed by atoms with Crippen LogP contribution in [-0.2, 0) is 0 Å². The summed E-state index contributed by atoms with van der Waals surface area (Å²) in [6.45, 7) is 1.48. The van der Waals surface area contributed by atoms with Crippen LogP contribution in [0.25, 0.3) is 0 Å². The van der Waals surface area contributed by atoms with Gasteiger partial charge in [0.2, 0.25) is 0 Å². The number of nitriles is 1. The Bertz CT molecular complexity index is 429. The number of aliphatic hydroxyl groups excluding tert-OH is 2. The first-order valence-electron chi connectivity index (χ1n) is 4.76. The fourth-order valence-corrected chi connectivity index (χ4v) is 1.36. The van der Waals surface area contributed by atoms with E-state index >= 15 is 0 Å². The first kappa shape index (κ1) is 12.4. The fraction of sp³-hybridized carbons (Fsp3) is 0.364. The number of halogens is 1. The number of hydrogen-bond acceptors (Lipinski definition) is 4. The number of nitrogens with zero attached hydrogens (tertiary/aromatic N) is 1. The second-order valence-electron chi connectivity index (χ2n) is 3.56. The lowest BCUT2D eigenvalue weighted by Gasteiger charge is -2.17. The molecule has 0 saturated heterocycles. The number of hydrogen-bond donors (Lipinski definition) is 3. The second-order valence-corrected chi connectivity index (χ2v) is 3.56. The Morgan fingerprint density at radius 1 is 1.50 bits per heavy atom. The van der Waals surface area contributed by atoms with E-state index in [9.17, 15) is 14.6 Å². The van der Waals surface area contributed by atoms with Gasteiger partial charge in [-0.05, 0) is 13.0 Å². The van der Waals surface area contributed by atoms with E-state index in [-0.39, 0.29) is 23.2 Å². The summed E-state index contributed by atoms with van der Waals surface area (Å²) in [6, 6.07) is 4.47. The third-order valence-corrected chi connectivity index (χ3v) is 2.44. The molecule has 0 aliphatic heterocycles. The molecule has 4 N–H and O–H groups in total. The van der Waals surface area contributed by atoms with Crippen LogP contribution in [0.5, 0.6) is 0 Å². The molecular formula is C11H13FN2O2. The summed E-state index contributed by atoms with van der Waals surface area (Å²) in [7, 11) is 0. The predicted molar refractivity (Wildman–Crippen MR) is 56.7 cm³/mol. The zero-order chi connectivity index (χ0) is 12.3. The van der Waals surface area contributed by atoms with E-state index in [1.807, 2.05) is 0 Å². The molecule has 0 heterocycles. The minimum absolute atomic E-state index is 0.0468. The maximum Gasteiger partial charge on any atom is 0.134 e. The Kier molecular flexibility index (Phi) is 3.82. The van der Waals surface area contributed by atoms with E-state index in [4.69, 9.17) is 11.0 Å². The van der Waals surface area contributed by atoms with Crippen LogP contribution in [0.3, 0.4) is 0 Å². The summed E-state index contributed by atoms with van der Waals surface area (Å²) < 4.78 is 13.7. The number of nitrogen functional groups attached to an aromatic ring is 1. The van der Waals surface area contributed by atoms with Crippen molar-refractivity contribution in [1.82, 2.24) is 0 Å². The molecule has 4 nitrogen and oxygen atoms in total. The van der Waals surface area contributed by atoms with Gasteiger partial charge in [0.25, 0.3) is 0 Å². The molecule has 0 aromatic heterocycles. The number of anilines is 1. The molecule has 0 radical (unpaired) electrons. The van der Waals surface area contributed by atoms with E-state index in [1.165, 1.54) is 19.1 Å². The van der Waals surface area contributed by atoms with Crippen molar-refractivity contribution in [3.8, 4) is 6.07 Å². The third kappa shape index (κ3) is 2.30. The largest absolute Gasteiger partial charge is 0.398 e. The SMILES string of the molecule is Cc1c(N)ccc(C(O)C(O)CC#N)c1F. The molecule has 5 heteroatoms. The summed E-state index contributed by atoms with van der Waals surface area (Å²) in [5.74, 6) is -0.649. The lowest BCUT2D eigenvalue weighted by atomic mass is 9.99. The highest BCUT2D eigenvalue weighted by Crippen LogP contribution is 2.26. The van der Waals surface area contributed by atoms with Gasteiger partial charge < -0.3 is 15.9 Å². The van der Waals surface area contributed by atoms with Crippen LogP contribution in [-0.4, -0.2) is 16.3 Å². The Hall–Kier alpha value is -1.64. The molecule has 2 unspecified atom stereocenters. The van der Waals surface area contributed by atoms with Gasteiger partial charge in [-0.1, -0.05) is 6.07 Å². The normalized spacial score (nSPS) is 14.2. The van der Waals surface area contributed by atoms with E-state index in [0.29, 0.717) is 0 Å². The zero-order valence-electron chi connectivity index (χ0n) is 8.81. The molecule has 0 saturated carbocycles. The van der Waals surface area contributed by atoms with E-state index in [1.54, 1.807) is 6.07 Å². The van der Waals surface area contributed by atoms with Crippen molar-refractivity contribution in [2.45, 2.75) is 25.6 Å². The van der Waals surface area contributed by atoms with Gasteiger partial charge in [-0.2, -0.15) is 5.26 Å². The number of benzene rings is 1. The lowest BCUT2D eigenvalue weighted by Crippen LogP contribution is -2.19. The third-order valence-electron chi connectivity index (χ3n) is 2.44. The highest BCUT2D eigenvalue weighted by atomic mass is 19.1. The molecule has 0 bridgehead atoms. The van der Waals surface area contributed by atoms with Crippen LogP contribution in [0, 0.1) is 24.1 Å². The van der Waals surface area contributed by atoms with Crippen LogP contribution in [0.1, 0.15) is 23.7 Å². The van der Waals surface area contributed by atoms with Crippen molar-refractivity contribution in [1.29, 1.82) is 5.26 Å². The quantitative estimate of drug-likeness (QED) is 0.669. The molecule has 0 spiro atoms. The molecule has 2 atom stereocenters. The van der Waals surface area contributed by atoms with Crippen LogP contribution in [0.4, 0.5) is 10.1 Å². The van der Waals surface area contributed by atoms with Gasteiger partial charge in [0.1, 0.15) is 11.9 Å². The monoisotopic (exact) mass is 224 g/mol. The van der Waals surface area contributed by atoms with Crippen molar-refractivity contribution in [3.05, 3.63) is 29.1 Å². The molecule has 0 aliphatic carbocycles. The molecule has 86 valence electrons. The minimum Gasteiger partial charge on any atom is -0.398 e. The molecule has 16 heavy (non-hydrogen) atoms. The van der Waals surface area contributed by atoms with Gasteiger partial charge in [0, 0.05) is 16.8 Å². The van der Waals surface area contributed by atoms with Crippen molar-refractivity contribution >= 4 is 5.69 Å². The van der Waals surface area contributed by atoms with E-state index < -0.39 is 18.0 Å². The molecule has 1 aromatic carbocycles. The fourth-order valence-electron chi connectivity index (χ4n) is 1.36. The Labute approximate surface area is 92.7 Å². The van der Waals surface area contributed by atoms with Crippen molar-refractivity contribution in [2.24, 2.45) is 0 Å². The Balaban J connectivity index is 3.06. The highest BCUT2D eigenvalue weighted by molar-refractivity contribution is 5.49. The number of nitrogens with two attached hydrogens (primary N) is 1. The van der Waals surface area contributed by atoms with Crippen molar-refractivity contribution < 1.29 is 14.6 Å². The number of rotatable bonds is 3. The van der Waals surface area contributed by atoms with Gasteiger partial charge >= 0.3 is 0 Å². The summed E-state index contributed by atoms with van der Waals surface area (Å²) in [4.78, 5) is 0. The first-order valence-corrected chi connectivity index (χ1v) is 4.76. The molecular weight excluding hydrogens is 211 g/mol. The van der Waals surface area contributed by atoms with Gasteiger partial charge in [0.15, 0.2) is 0 Å². The van der Waals surface area contributed by atoms with Crippen LogP contribution < -0.4 is 5.73 Å². The first-order chi connectivity index (χ1) is 7.49. The van der Waals surface area contributed by atoms with Crippen molar-refractivity contribution in [2.75, 3.05) is 5.73 Å². The summed E-state index contributed by atoms with van der Waals surface area (Å²) in [5.41, 5.74) is 5.94. The average molecular weight is 224 g/mol.